The molecule has 2 aromatic carbocycles. The van der Waals surface area contributed by atoms with Gasteiger partial charge in [-0.1, -0.05) is 35.6 Å². The molecule has 0 bridgehead atoms. The van der Waals surface area contributed by atoms with Gasteiger partial charge in [0, 0.05) is 13.5 Å². The van der Waals surface area contributed by atoms with Gasteiger partial charge in [0.15, 0.2) is 5.13 Å². The summed E-state index contributed by atoms with van der Waals surface area (Å²) in [5.74, 6) is -0.156. The van der Waals surface area contributed by atoms with Crippen molar-refractivity contribution in [1.29, 1.82) is 0 Å². The molecule has 144 valence electrons. The van der Waals surface area contributed by atoms with Crippen molar-refractivity contribution >= 4 is 38.1 Å². The zero-order valence-electron chi connectivity index (χ0n) is 15.5. The van der Waals surface area contributed by atoms with E-state index in [1.54, 1.807) is 30.3 Å². The third-order valence-corrected chi connectivity index (χ3v) is 7.55. The van der Waals surface area contributed by atoms with Crippen LogP contribution in [0.15, 0.2) is 53.4 Å². The summed E-state index contributed by atoms with van der Waals surface area (Å²) in [6, 6.07) is 14.3. The first-order valence-electron chi connectivity index (χ1n) is 8.82. The maximum Gasteiger partial charge on any atom is 0.264 e. The highest BCUT2D eigenvalue weighted by Gasteiger charge is 2.31. The van der Waals surface area contributed by atoms with Gasteiger partial charge in [-0.15, -0.1) is 0 Å². The monoisotopic (exact) mass is 413 g/mol. The number of carbonyl (C=O) groups is 1. The lowest BCUT2D eigenvalue weighted by atomic mass is 10.1. The Morgan fingerprint density at radius 1 is 1.18 bits per heavy atom. The molecule has 0 saturated heterocycles. The number of aromatic nitrogens is 1. The van der Waals surface area contributed by atoms with E-state index in [1.807, 2.05) is 25.1 Å². The lowest BCUT2D eigenvalue weighted by molar-refractivity contribution is -0.114. The van der Waals surface area contributed by atoms with Crippen molar-refractivity contribution in [3.8, 4) is 10.4 Å². The lowest BCUT2D eigenvalue weighted by Crippen LogP contribution is -2.29. The van der Waals surface area contributed by atoms with Gasteiger partial charge < -0.3 is 5.32 Å². The fourth-order valence-electron chi connectivity index (χ4n) is 3.35. The first kappa shape index (κ1) is 18.6. The molecule has 1 N–H and O–H groups in total. The molecular formula is C20H19N3O3S2. The average molecular weight is 414 g/mol. The predicted molar refractivity (Wildman–Crippen MR) is 111 cm³/mol. The standard InChI is InChI=1S/C20H19N3O3S2/c1-13-19(27-20(21-13)22-14(2)24)16-8-9-18-15(12-16)10-11-23(18)28(25,26)17-6-4-3-5-7-17/h3-9,12H,10-11H2,1-2H3,(H,21,22,24). The normalized spacial score (nSPS) is 13.4. The molecule has 28 heavy (non-hydrogen) atoms. The van der Waals surface area contributed by atoms with Gasteiger partial charge >= 0.3 is 0 Å². The second-order valence-electron chi connectivity index (χ2n) is 6.60. The lowest BCUT2D eigenvalue weighted by Gasteiger charge is -2.19. The number of hydrogen-bond donors (Lipinski definition) is 1. The second-order valence-corrected chi connectivity index (χ2v) is 9.46. The molecular weight excluding hydrogens is 394 g/mol. The van der Waals surface area contributed by atoms with Gasteiger partial charge in [0.05, 0.1) is 21.2 Å². The van der Waals surface area contributed by atoms with E-state index in [9.17, 15) is 13.2 Å². The van der Waals surface area contributed by atoms with E-state index in [0.717, 1.165) is 27.4 Å². The number of sulfonamides is 1. The predicted octanol–water partition coefficient (Wildman–Crippen LogP) is 3.83. The Balaban J connectivity index is 1.68. The van der Waals surface area contributed by atoms with Crippen LogP contribution in [0.3, 0.4) is 0 Å². The number of nitrogens with one attached hydrogen (secondary N) is 1. The zero-order chi connectivity index (χ0) is 19.9. The largest absolute Gasteiger partial charge is 0.302 e. The molecule has 0 aliphatic carbocycles. The van der Waals surface area contributed by atoms with Gasteiger partial charge in [-0.2, -0.15) is 0 Å². The van der Waals surface area contributed by atoms with E-state index in [1.165, 1.54) is 22.6 Å². The summed E-state index contributed by atoms with van der Waals surface area (Å²) in [5.41, 5.74) is 3.52. The average Bonchev–Trinajstić information content (AvgIpc) is 3.25. The molecule has 0 saturated carbocycles. The number of thiazole rings is 1. The maximum atomic E-state index is 13.0. The molecule has 0 fully saturated rings. The van der Waals surface area contributed by atoms with E-state index in [2.05, 4.69) is 10.3 Å². The quantitative estimate of drug-likeness (QED) is 0.705. The Kier molecular flexibility index (Phi) is 4.68. The third kappa shape index (κ3) is 3.29. The van der Waals surface area contributed by atoms with Gasteiger partial charge in [-0.25, -0.2) is 13.4 Å². The number of fused-ring (bicyclic) bond motifs is 1. The highest BCUT2D eigenvalue weighted by Crippen LogP contribution is 2.39. The Bertz CT molecular complexity index is 1150. The van der Waals surface area contributed by atoms with Crippen molar-refractivity contribution in [3.63, 3.8) is 0 Å². The van der Waals surface area contributed by atoms with Crippen LogP contribution in [-0.4, -0.2) is 25.9 Å². The summed E-state index contributed by atoms with van der Waals surface area (Å²) in [4.78, 5) is 16.9. The van der Waals surface area contributed by atoms with Crippen molar-refractivity contribution in [1.82, 2.24) is 4.98 Å². The van der Waals surface area contributed by atoms with Crippen molar-refractivity contribution in [3.05, 3.63) is 59.8 Å². The first-order chi connectivity index (χ1) is 13.4. The number of aryl methyl sites for hydroxylation is 1. The third-order valence-electron chi connectivity index (χ3n) is 4.61. The van der Waals surface area contributed by atoms with Gasteiger partial charge in [0.1, 0.15) is 0 Å². The van der Waals surface area contributed by atoms with Crippen LogP contribution >= 0.6 is 11.3 Å². The molecule has 1 aromatic heterocycles. The maximum absolute atomic E-state index is 13.0. The van der Waals surface area contributed by atoms with Crippen molar-refractivity contribution in [2.75, 3.05) is 16.2 Å². The van der Waals surface area contributed by atoms with Crippen LogP contribution in [0, 0.1) is 6.92 Å². The fraction of sp³-hybridized carbons (Fsp3) is 0.200. The number of benzene rings is 2. The van der Waals surface area contributed by atoms with Gasteiger partial charge in [-0.05, 0) is 48.7 Å². The van der Waals surface area contributed by atoms with Crippen molar-refractivity contribution in [2.45, 2.75) is 25.2 Å². The van der Waals surface area contributed by atoms with E-state index < -0.39 is 10.0 Å². The Morgan fingerprint density at radius 2 is 1.93 bits per heavy atom. The number of amides is 1. The molecule has 2 heterocycles. The Hall–Kier alpha value is -2.71. The minimum Gasteiger partial charge on any atom is -0.302 e. The number of hydrogen-bond acceptors (Lipinski definition) is 5. The van der Waals surface area contributed by atoms with Crippen LogP contribution in [0.25, 0.3) is 10.4 Å². The molecule has 1 amide bonds. The molecule has 3 aromatic rings. The van der Waals surface area contributed by atoms with Crippen molar-refractivity contribution < 1.29 is 13.2 Å². The smallest absolute Gasteiger partial charge is 0.264 e. The summed E-state index contributed by atoms with van der Waals surface area (Å²) in [6.07, 6.45) is 0.658. The van der Waals surface area contributed by atoms with E-state index in [0.29, 0.717) is 23.0 Å². The molecule has 4 rings (SSSR count). The molecule has 8 heteroatoms. The van der Waals surface area contributed by atoms with Gasteiger partial charge in [0.2, 0.25) is 5.91 Å². The SMILES string of the molecule is CC(=O)Nc1nc(C)c(-c2ccc3c(c2)CCN3S(=O)(=O)c2ccccc2)s1. The summed E-state index contributed by atoms with van der Waals surface area (Å²) in [5, 5.41) is 3.28. The minimum absolute atomic E-state index is 0.156. The Morgan fingerprint density at radius 3 is 2.64 bits per heavy atom. The molecule has 0 radical (unpaired) electrons. The minimum atomic E-state index is -3.57. The zero-order valence-corrected chi connectivity index (χ0v) is 17.1. The summed E-state index contributed by atoms with van der Waals surface area (Å²) >= 11 is 1.41. The van der Waals surface area contributed by atoms with Crippen molar-refractivity contribution in [2.24, 2.45) is 0 Å². The molecule has 1 aliphatic rings. The number of nitrogens with zero attached hydrogens (tertiary/aromatic N) is 2. The van der Waals surface area contributed by atoms with Crippen LogP contribution < -0.4 is 9.62 Å². The summed E-state index contributed by atoms with van der Waals surface area (Å²) in [7, 11) is -3.57. The molecule has 0 spiro atoms. The van der Waals surface area contributed by atoms with Gasteiger partial charge in [-0.3, -0.25) is 9.10 Å². The van der Waals surface area contributed by atoms with Gasteiger partial charge in [0.25, 0.3) is 10.0 Å². The van der Waals surface area contributed by atoms with Crippen LogP contribution in [0.2, 0.25) is 0 Å². The topological polar surface area (TPSA) is 79.4 Å². The highest BCUT2D eigenvalue weighted by molar-refractivity contribution is 7.92. The van der Waals surface area contributed by atoms with Crippen LogP contribution in [-0.2, 0) is 21.2 Å². The molecule has 0 atom stereocenters. The van der Waals surface area contributed by atoms with E-state index in [-0.39, 0.29) is 5.91 Å². The van der Waals surface area contributed by atoms with E-state index >= 15 is 0 Å². The second kappa shape index (κ2) is 7.03. The van der Waals surface area contributed by atoms with E-state index in [4.69, 9.17) is 0 Å². The fourth-order valence-corrected chi connectivity index (χ4v) is 5.88. The van der Waals surface area contributed by atoms with Crippen LogP contribution in [0.1, 0.15) is 18.2 Å². The molecule has 0 unspecified atom stereocenters. The summed E-state index contributed by atoms with van der Waals surface area (Å²) in [6.45, 7) is 3.78. The number of carbonyl (C=O) groups excluding carboxylic acids is 1. The molecule has 6 nitrogen and oxygen atoms in total. The van der Waals surface area contributed by atoms with Crippen LogP contribution in [0.4, 0.5) is 10.8 Å². The first-order valence-corrected chi connectivity index (χ1v) is 11.1. The van der Waals surface area contributed by atoms with Crippen LogP contribution in [0.5, 0.6) is 0 Å². The summed E-state index contributed by atoms with van der Waals surface area (Å²) < 4.78 is 27.5. The number of rotatable bonds is 4. The molecule has 1 aliphatic heterocycles. The highest BCUT2D eigenvalue weighted by atomic mass is 32.2. The Labute approximate surface area is 167 Å². The number of anilines is 2.